The van der Waals surface area contributed by atoms with Crippen LogP contribution in [-0.2, 0) is 0 Å². The van der Waals surface area contributed by atoms with Crippen LogP contribution in [0.2, 0.25) is 0 Å². The Labute approximate surface area is 79.7 Å². The lowest BCUT2D eigenvalue weighted by molar-refractivity contribution is 0.373. The number of hydrogen-bond acceptors (Lipinski definition) is 2. The first-order chi connectivity index (χ1) is 5.84. The Morgan fingerprint density at radius 3 is 2.83 bits per heavy atom. The lowest BCUT2D eigenvalue weighted by Gasteiger charge is -2.27. The number of piperidine rings is 1. The van der Waals surface area contributed by atoms with E-state index in [-0.39, 0.29) is 0 Å². The molecule has 0 radical (unpaired) electrons. The van der Waals surface area contributed by atoms with Crippen molar-refractivity contribution in [2.24, 2.45) is 5.92 Å². The van der Waals surface area contributed by atoms with E-state index in [1.165, 1.54) is 25.9 Å². The number of thioether (sulfide) groups is 1. The molecule has 1 aliphatic heterocycles. The summed E-state index contributed by atoms with van der Waals surface area (Å²) in [5, 5.41) is 4.12. The van der Waals surface area contributed by atoms with Gasteiger partial charge in [-0.15, -0.1) is 18.2 Å². The molecule has 0 saturated carbocycles. The normalized spacial score (nSPS) is 21.7. The van der Waals surface area contributed by atoms with Gasteiger partial charge in [-0.3, -0.25) is 0 Å². The number of terminal acetylenes is 1. The minimum absolute atomic E-state index is 0.739. The molecule has 1 aliphatic rings. The summed E-state index contributed by atoms with van der Waals surface area (Å²) in [6, 6.07) is 0. The molecule has 1 heterocycles. The fourth-order valence-electron chi connectivity index (χ4n) is 1.63. The fourth-order valence-corrected chi connectivity index (χ4v) is 2.53. The number of rotatable bonds is 3. The van der Waals surface area contributed by atoms with Gasteiger partial charge in [0.15, 0.2) is 0 Å². The second kappa shape index (κ2) is 5.50. The maximum Gasteiger partial charge on any atom is 0.0547 e. The summed E-state index contributed by atoms with van der Waals surface area (Å²) < 4.78 is 0. The van der Waals surface area contributed by atoms with Crippen molar-refractivity contribution < 1.29 is 0 Å². The van der Waals surface area contributed by atoms with Gasteiger partial charge in [0.1, 0.15) is 0 Å². The molecule has 1 fully saturated rings. The maximum absolute atomic E-state index is 5.22. The summed E-state index contributed by atoms with van der Waals surface area (Å²) in [5.41, 5.74) is 0. The van der Waals surface area contributed by atoms with Crippen molar-refractivity contribution in [2.45, 2.75) is 25.0 Å². The molecule has 68 valence electrons. The zero-order chi connectivity index (χ0) is 8.81. The second-order valence-electron chi connectivity index (χ2n) is 3.31. The predicted molar refractivity (Wildman–Crippen MR) is 56.3 cm³/mol. The van der Waals surface area contributed by atoms with Gasteiger partial charge in [-0.25, -0.2) is 0 Å². The van der Waals surface area contributed by atoms with Gasteiger partial charge >= 0.3 is 0 Å². The highest BCUT2D eigenvalue weighted by Crippen LogP contribution is 2.25. The Hall–Kier alpha value is -0.130. The first-order valence-corrected chi connectivity index (χ1v) is 5.65. The predicted octanol–water partition coefficient (Wildman–Crippen LogP) is 1.74. The van der Waals surface area contributed by atoms with Crippen LogP contribution in [0, 0.1) is 18.3 Å². The van der Waals surface area contributed by atoms with Crippen molar-refractivity contribution in [2.75, 3.05) is 18.8 Å². The molecule has 0 aromatic heterocycles. The van der Waals surface area contributed by atoms with Crippen molar-refractivity contribution in [3.63, 3.8) is 0 Å². The van der Waals surface area contributed by atoms with E-state index in [1.807, 2.05) is 11.8 Å². The van der Waals surface area contributed by atoms with E-state index in [4.69, 9.17) is 6.42 Å². The van der Waals surface area contributed by atoms with Gasteiger partial charge in [0.05, 0.1) is 5.75 Å². The zero-order valence-electron chi connectivity index (χ0n) is 7.68. The number of hydrogen-bond donors (Lipinski definition) is 1. The standard InChI is InChI=1S/C10H17NS/c1-3-8-12-9(2)10-4-6-11-7-5-10/h1,9-11H,4-8H2,2H3. The third-order valence-corrected chi connectivity index (χ3v) is 3.72. The smallest absolute Gasteiger partial charge is 0.0547 e. The molecule has 0 aliphatic carbocycles. The highest BCUT2D eigenvalue weighted by atomic mass is 32.2. The molecule has 1 rings (SSSR count). The molecular formula is C10H17NS. The van der Waals surface area contributed by atoms with E-state index in [2.05, 4.69) is 18.2 Å². The van der Waals surface area contributed by atoms with Crippen LogP contribution in [0.15, 0.2) is 0 Å². The Morgan fingerprint density at radius 1 is 1.58 bits per heavy atom. The van der Waals surface area contributed by atoms with E-state index >= 15 is 0 Å². The molecule has 0 aromatic rings. The Kier molecular flexibility index (Phi) is 4.57. The van der Waals surface area contributed by atoms with E-state index < -0.39 is 0 Å². The summed E-state index contributed by atoms with van der Waals surface area (Å²) in [4.78, 5) is 0. The fraction of sp³-hybridized carbons (Fsp3) is 0.800. The van der Waals surface area contributed by atoms with Crippen LogP contribution in [0.25, 0.3) is 0 Å². The lowest BCUT2D eigenvalue weighted by atomic mass is 9.95. The van der Waals surface area contributed by atoms with Crippen LogP contribution in [0.4, 0.5) is 0 Å². The average molecular weight is 183 g/mol. The molecule has 2 heteroatoms. The Balaban J connectivity index is 2.21. The molecule has 1 nitrogen and oxygen atoms in total. The molecule has 0 amide bonds. The second-order valence-corrected chi connectivity index (χ2v) is 4.67. The van der Waals surface area contributed by atoms with Gasteiger partial charge in [0.25, 0.3) is 0 Å². The molecular weight excluding hydrogens is 166 g/mol. The third kappa shape index (κ3) is 3.08. The van der Waals surface area contributed by atoms with Crippen molar-refractivity contribution in [3.05, 3.63) is 0 Å². The molecule has 12 heavy (non-hydrogen) atoms. The molecule has 1 unspecified atom stereocenters. The first kappa shape index (κ1) is 9.95. The lowest BCUT2D eigenvalue weighted by Crippen LogP contribution is -2.31. The highest BCUT2D eigenvalue weighted by Gasteiger charge is 2.19. The van der Waals surface area contributed by atoms with Crippen LogP contribution < -0.4 is 5.32 Å². The van der Waals surface area contributed by atoms with Gasteiger partial charge < -0.3 is 5.32 Å². The quantitative estimate of drug-likeness (QED) is 0.669. The molecule has 0 spiro atoms. The van der Waals surface area contributed by atoms with Crippen molar-refractivity contribution in [3.8, 4) is 12.3 Å². The van der Waals surface area contributed by atoms with Crippen molar-refractivity contribution >= 4 is 11.8 Å². The van der Waals surface area contributed by atoms with Crippen molar-refractivity contribution in [1.29, 1.82) is 0 Å². The molecule has 0 aromatic carbocycles. The summed E-state index contributed by atoms with van der Waals surface area (Å²) in [5.74, 6) is 4.43. The van der Waals surface area contributed by atoms with Gasteiger partial charge in [-0.2, -0.15) is 0 Å². The summed E-state index contributed by atoms with van der Waals surface area (Å²) >= 11 is 1.92. The van der Waals surface area contributed by atoms with E-state index in [0.29, 0.717) is 0 Å². The average Bonchev–Trinajstić information content (AvgIpc) is 2.15. The van der Waals surface area contributed by atoms with Crippen LogP contribution in [-0.4, -0.2) is 24.1 Å². The minimum atomic E-state index is 0.739. The third-order valence-electron chi connectivity index (χ3n) is 2.48. The first-order valence-electron chi connectivity index (χ1n) is 4.60. The topological polar surface area (TPSA) is 12.0 Å². The van der Waals surface area contributed by atoms with E-state index in [1.54, 1.807) is 0 Å². The number of nitrogens with one attached hydrogen (secondary N) is 1. The van der Waals surface area contributed by atoms with E-state index in [9.17, 15) is 0 Å². The van der Waals surface area contributed by atoms with Gasteiger partial charge in [0.2, 0.25) is 0 Å². The Morgan fingerprint density at radius 2 is 2.25 bits per heavy atom. The summed E-state index contributed by atoms with van der Waals surface area (Å²) in [7, 11) is 0. The van der Waals surface area contributed by atoms with Crippen LogP contribution >= 0.6 is 11.8 Å². The van der Waals surface area contributed by atoms with Gasteiger partial charge in [-0.1, -0.05) is 12.8 Å². The highest BCUT2D eigenvalue weighted by molar-refractivity contribution is 8.00. The molecule has 1 saturated heterocycles. The minimum Gasteiger partial charge on any atom is -0.317 e. The van der Waals surface area contributed by atoms with Crippen LogP contribution in [0.5, 0.6) is 0 Å². The van der Waals surface area contributed by atoms with Crippen LogP contribution in [0.1, 0.15) is 19.8 Å². The van der Waals surface area contributed by atoms with Crippen molar-refractivity contribution in [1.82, 2.24) is 5.32 Å². The molecule has 0 bridgehead atoms. The van der Waals surface area contributed by atoms with E-state index in [0.717, 1.165) is 16.9 Å². The molecule has 1 atom stereocenters. The van der Waals surface area contributed by atoms with Crippen LogP contribution in [0.3, 0.4) is 0 Å². The summed E-state index contributed by atoms with van der Waals surface area (Å²) in [6.07, 6.45) is 7.86. The van der Waals surface area contributed by atoms with Gasteiger partial charge in [0, 0.05) is 5.25 Å². The largest absolute Gasteiger partial charge is 0.317 e. The monoisotopic (exact) mass is 183 g/mol. The SMILES string of the molecule is C#CCSC(C)C1CCNCC1. The maximum atomic E-state index is 5.22. The zero-order valence-corrected chi connectivity index (χ0v) is 8.49. The Bertz CT molecular complexity index is 156. The van der Waals surface area contributed by atoms with Gasteiger partial charge in [-0.05, 0) is 31.8 Å². The molecule has 1 N–H and O–H groups in total. The summed E-state index contributed by atoms with van der Waals surface area (Å²) in [6.45, 7) is 4.68.